The second kappa shape index (κ2) is 11.4. The highest BCUT2D eigenvalue weighted by atomic mass is 16.6. The predicted molar refractivity (Wildman–Crippen MR) is 101 cm³/mol. The third-order valence-electron chi connectivity index (χ3n) is 4.70. The summed E-state index contributed by atoms with van der Waals surface area (Å²) in [5.41, 5.74) is -5.30. The molecule has 0 aliphatic heterocycles. The van der Waals surface area contributed by atoms with Crippen LogP contribution in [0.4, 0.5) is 0 Å². The van der Waals surface area contributed by atoms with Crippen molar-refractivity contribution in [3.05, 3.63) is 0 Å². The number of methoxy groups -OCH3 is 1. The lowest BCUT2D eigenvalue weighted by molar-refractivity contribution is -0.163. The van der Waals surface area contributed by atoms with Crippen LogP contribution in [0.5, 0.6) is 0 Å². The smallest absolute Gasteiger partial charge is 0.326 e. The Labute approximate surface area is 171 Å². The molecule has 2 atom stereocenters. The van der Waals surface area contributed by atoms with Gasteiger partial charge in [0.05, 0.1) is 30.8 Å². The topological polar surface area (TPSA) is 147 Å². The number of nitrogens with zero attached hydrogens (tertiary/aromatic N) is 2. The van der Waals surface area contributed by atoms with Gasteiger partial charge in [-0.2, -0.15) is 10.5 Å². The van der Waals surface area contributed by atoms with Crippen molar-refractivity contribution >= 4 is 17.9 Å². The van der Waals surface area contributed by atoms with E-state index in [1.807, 2.05) is 12.1 Å². The van der Waals surface area contributed by atoms with Crippen molar-refractivity contribution in [2.75, 3.05) is 26.9 Å². The third kappa shape index (κ3) is 6.72. The first-order valence-corrected chi connectivity index (χ1v) is 9.40. The average Bonchev–Trinajstić information content (AvgIpc) is 2.69. The molecule has 0 amide bonds. The van der Waals surface area contributed by atoms with Crippen molar-refractivity contribution < 1.29 is 33.7 Å². The Kier molecular flexibility index (Phi) is 10.3. The second-order valence-corrected chi connectivity index (χ2v) is 7.55. The van der Waals surface area contributed by atoms with Gasteiger partial charge < -0.3 is 19.3 Å². The summed E-state index contributed by atoms with van der Waals surface area (Å²) in [5.74, 6) is -3.06. The number of hydrogen-bond acceptors (Lipinski definition) is 8. The van der Waals surface area contributed by atoms with Gasteiger partial charge in [0.1, 0.15) is 6.61 Å². The van der Waals surface area contributed by atoms with Crippen molar-refractivity contribution in [3.8, 4) is 12.1 Å². The molecular formula is C20H30N2O7. The molecule has 0 aliphatic rings. The number of aliphatic carboxylic acids is 1. The van der Waals surface area contributed by atoms with Gasteiger partial charge in [0.2, 0.25) is 0 Å². The first-order valence-electron chi connectivity index (χ1n) is 9.40. The predicted octanol–water partition coefficient (Wildman–Crippen LogP) is 2.45. The molecule has 0 saturated heterocycles. The summed E-state index contributed by atoms with van der Waals surface area (Å²) < 4.78 is 15.1. The van der Waals surface area contributed by atoms with Crippen molar-refractivity contribution in [1.82, 2.24) is 0 Å². The second-order valence-electron chi connectivity index (χ2n) is 7.55. The summed E-state index contributed by atoms with van der Waals surface area (Å²) in [4.78, 5) is 37.1. The van der Waals surface area contributed by atoms with Crippen LogP contribution in [0.3, 0.4) is 0 Å². The van der Waals surface area contributed by atoms with Crippen molar-refractivity contribution in [1.29, 1.82) is 10.5 Å². The molecule has 0 radical (unpaired) electrons. The van der Waals surface area contributed by atoms with E-state index in [1.165, 1.54) is 21.0 Å². The molecule has 0 aromatic carbocycles. The van der Waals surface area contributed by atoms with Crippen LogP contribution >= 0.6 is 0 Å². The van der Waals surface area contributed by atoms with Gasteiger partial charge in [0, 0.05) is 13.5 Å². The number of carbonyl (C=O) groups excluding carboxylic acids is 2. The molecule has 0 fully saturated rings. The summed E-state index contributed by atoms with van der Waals surface area (Å²) >= 11 is 0. The van der Waals surface area contributed by atoms with Crippen molar-refractivity contribution in [2.45, 2.75) is 53.4 Å². The molecule has 9 heteroatoms. The number of nitriles is 2. The van der Waals surface area contributed by atoms with E-state index in [0.717, 1.165) is 0 Å². The van der Waals surface area contributed by atoms with E-state index >= 15 is 0 Å². The molecule has 162 valence electrons. The largest absolute Gasteiger partial charge is 0.481 e. The number of ether oxygens (including phenoxy) is 3. The quantitative estimate of drug-likeness (QED) is 0.357. The Morgan fingerprint density at radius 2 is 1.41 bits per heavy atom. The standard InChI is InChI=1S/C20H30N2O7/c1-6-8-28-17(26)20(14-22,11-18(3,4)15(23)24)12-19(7-2,13-21)16(25)29-10-9-27-5/h6-12H2,1-5H3,(H,23,24). The van der Waals surface area contributed by atoms with Crippen LogP contribution in [-0.2, 0) is 28.6 Å². The number of rotatable bonds is 13. The van der Waals surface area contributed by atoms with Gasteiger partial charge >= 0.3 is 17.9 Å². The van der Waals surface area contributed by atoms with Crippen LogP contribution in [0.25, 0.3) is 0 Å². The van der Waals surface area contributed by atoms with E-state index in [-0.39, 0.29) is 26.2 Å². The number of carbonyl (C=O) groups is 3. The maximum atomic E-state index is 12.8. The zero-order chi connectivity index (χ0) is 22.7. The molecule has 0 aliphatic carbocycles. The van der Waals surface area contributed by atoms with Gasteiger partial charge in [-0.05, 0) is 33.1 Å². The number of esters is 2. The number of carboxylic acids is 1. The zero-order valence-electron chi connectivity index (χ0n) is 17.7. The molecule has 29 heavy (non-hydrogen) atoms. The summed E-state index contributed by atoms with van der Waals surface area (Å²) in [6.45, 7) is 6.10. The van der Waals surface area contributed by atoms with Gasteiger partial charge in [-0.25, -0.2) is 0 Å². The van der Waals surface area contributed by atoms with E-state index in [1.54, 1.807) is 13.8 Å². The fraction of sp³-hybridized carbons (Fsp3) is 0.750. The van der Waals surface area contributed by atoms with Gasteiger partial charge in [-0.1, -0.05) is 13.8 Å². The third-order valence-corrected chi connectivity index (χ3v) is 4.70. The average molecular weight is 410 g/mol. The van der Waals surface area contributed by atoms with E-state index in [0.29, 0.717) is 6.42 Å². The monoisotopic (exact) mass is 410 g/mol. The minimum absolute atomic E-state index is 0.0275. The number of hydrogen-bond donors (Lipinski definition) is 1. The van der Waals surface area contributed by atoms with E-state index in [9.17, 15) is 30.0 Å². The maximum Gasteiger partial charge on any atom is 0.326 e. The lowest BCUT2D eigenvalue weighted by atomic mass is 9.64. The van der Waals surface area contributed by atoms with Crippen LogP contribution in [0.15, 0.2) is 0 Å². The van der Waals surface area contributed by atoms with Crippen molar-refractivity contribution in [3.63, 3.8) is 0 Å². The summed E-state index contributed by atoms with van der Waals surface area (Å²) in [7, 11) is 1.42. The Balaban J connectivity index is 6.18. The molecule has 0 aromatic heterocycles. The Morgan fingerprint density at radius 3 is 1.83 bits per heavy atom. The maximum absolute atomic E-state index is 12.8. The minimum Gasteiger partial charge on any atom is -0.481 e. The summed E-state index contributed by atoms with van der Waals surface area (Å²) in [6.07, 6.45) is -0.503. The van der Waals surface area contributed by atoms with Crippen LogP contribution in [0, 0.1) is 38.9 Å². The molecule has 0 rings (SSSR count). The fourth-order valence-corrected chi connectivity index (χ4v) is 2.87. The van der Waals surface area contributed by atoms with Gasteiger partial charge in [-0.3, -0.25) is 14.4 Å². The number of carboxylic acid groups (broad SMARTS) is 1. The first kappa shape index (κ1) is 26.4. The van der Waals surface area contributed by atoms with Gasteiger partial charge in [-0.15, -0.1) is 0 Å². The van der Waals surface area contributed by atoms with Crippen LogP contribution in [-0.4, -0.2) is 49.9 Å². The molecule has 0 spiro atoms. The summed E-state index contributed by atoms with van der Waals surface area (Å²) in [6, 6.07) is 3.75. The first-order chi connectivity index (χ1) is 13.5. The Morgan fingerprint density at radius 1 is 0.897 bits per heavy atom. The highest BCUT2D eigenvalue weighted by molar-refractivity contribution is 5.86. The molecule has 1 N–H and O–H groups in total. The van der Waals surface area contributed by atoms with E-state index in [2.05, 4.69) is 0 Å². The van der Waals surface area contributed by atoms with Gasteiger partial charge in [0.25, 0.3) is 0 Å². The molecule has 9 nitrogen and oxygen atoms in total. The normalized spacial score (nSPS) is 15.1. The SMILES string of the molecule is CCCOC(=O)C(C#N)(CC(C)(C)C(=O)O)CC(C#N)(CC)C(=O)OCCOC. The molecule has 0 saturated carbocycles. The van der Waals surface area contributed by atoms with Crippen molar-refractivity contribution in [2.24, 2.45) is 16.2 Å². The Hall–Kier alpha value is -2.65. The minimum atomic E-state index is -2.01. The molecule has 0 aromatic rings. The van der Waals surface area contributed by atoms with Crippen LogP contribution in [0.1, 0.15) is 53.4 Å². The summed E-state index contributed by atoms with van der Waals surface area (Å²) in [5, 5.41) is 29.2. The lowest BCUT2D eigenvalue weighted by Crippen LogP contribution is -2.45. The molecular weight excluding hydrogens is 380 g/mol. The zero-order valence-corrected chi connectivity index (χ0v) is 17.7. The highest BCUT2D eigenvalue weighted by Crippen LogP contribution is 2.45. The van der Waals surface area contributed by atoms with Gasteiger partial charge in [0.15, 0.2) is 10.8 Å². The van der Waals surface area contributed by atoms with Crippen LogP contribution < -0.4 is 0 Å². The van der Waals surface area contributed by atoms with E-state index < -0.39 is 47.0 Å². The van der Waals surface area contributed by atoms with E-state index in [4.69, 9.17) is 14.2 Å². The van der Waals surface area contributed by atoms with Crippen LogP contribution in [0.2, 0.25) is 0 Å². The highest BCUT2D eigenvalue weighted by Gasteiger charge is 2.55. The Bertz CT molecular complexity index is 677. The lowest BCUT2D eigenvalue weighted by Gasteiger charge is -2.35. The molecule has 0 heterocycles. The molecule has 0 bridgehead atoms. The fourth-order valence-electron chi connectivity index (χ4n) is 2.87. The molecule has 2 unspecified atom stereocenters.